The number of anilines is 1. The van der Waals surface area contributed by atoms with E-state index in [4.69, 9.17) is 16.3 Å². The van der Waals surface area contributed by atoms with Crippen molar-refractivity contribution in [3.05, 3.63) is 77.3 Å². The molecule has 1 aromatic heterocycles. The van der Waals surface area contributed by atoms with E-state index in [0.29, 0.717) is 10.6 Å². The molecule has 0 spiro atoms. The van der Waals surface area contributed by atoms with Crippen LogP contribution in [0.15, 0.2) is 65.8 Å². The van der Waals surface area contributed by atoms with Crippen LogP contribution < -0.4 is 9.46 Å². The highest BCUT2D eigenvalue weighted by Gasteiger charge is 2.19. The molecule has 2 aromatic carbocycles. The molecule has 0 atom stereocenters. The average Bonchev–Trinajstić information content (AvgIpc) is 2.65. The van der Waals surface area contributed by atoms with Gasteiger partial charge in [0, 0.05) is 17.8 Å². The Balaban J connectivity index is 1.86. The molecule has 9 heteroatoms. The number of aromatic nitrogens is 1. The van der Waals surface area contributed by atoms with E-state index in [-0.39, 0.29) is 27.9 Å². The average molecular weight is 421 g/mol. The van der Waals surface area contributed by atoms with Gasteiger partial charge in [-0.3, -0.25) is 14.5 Å². The molecule has 0 aliphatic carbocycles. The molecule has 0 unspecified atom stereocenters. The Morgan fingerprint density at radius 3 is 2.50 bits per heavy atom. The first-order valence-electron chi connectivity index (χ1n) is 7.97. The van der Waals surface area contributed by atoms with Crippen LogP contribution in [-0.2, 0) is 10.0 Å². The highest BCUT2D eigenvalue weighted by atomic mass is 35.5. The number of carbonyl (C=O) groups is 1. The minimum Gasteiger partial charge on any atom is -0.453 e. The molecule has 3 rings (SSSR count). The van der Waals surface area contributed by atoms with Gasteiger partial charge in [-0.2, -0.15) is 0 Å². The molecule has 1 heterocycles. The number of ether oxygens (including phenoxy) is 1. The summed E-state index contributed by atoms with van der Waals surface area (Å²) < 4.78 is 47.3. The van der Waals surface area contributed by atoms with Crippen LogP contribution in [0, 0.1) is 5.82 Å². The summed E-state index contributed by atoms with van der Waals surface area (Å²) in [6, 6.07) is 10.8. The zero-order chi connectivity index (χ0) is 20.3. The van der Waals surface area contributed by atoms with E-state index in [9.17, 15) is 17.6 Å². The molecule has 0 saturated carbocycles. The van der Waals surface area contributed by atoms with Crippen LogP contribution in [0.25, 0.3) is 0 Å². The topological polar surface area (TPSA) is 85.4 Å². The Hall–Kier alpha value is -2.97. The molecule has 0 radical (unpaired) electrons. The number of sulfonamides is 1. The number of rotatable bonds is 6. The summed E-state index contributed by atoms with van der Waals surface area (Å²) in [7, 11) is -4.06. The zero-order valence-corrected chi connectivity index (χ0v) is 16.1. The molecule has 0 aliphatic heterocycles. The van der Waals surface area contributed by atoms with Gasteiger partial charge in [0.05, 0.1) is 21.8 Å². The van der Waals surface area contributed by atoms with Crippen molar-refractivity contribution < 1.29 is 22.3 Å². The lowest BCUT2D eigenvalue weighted by molar-refractivity contribution is 0.101. The van der Waals surface area contributed by atoms with Crippen LogP contribution in [0.4, 0.5) is 10.1 Å². The van der Waals surface area contributed by atoms with E-state index in [1.165, 1.54) is 67.8 Å². The number of benzene rings is 2. The van der Waals surface area contributed by atoms with Crippen LogP contribution >= 0.6 is 11.6 Å². The summed E-state index contributed by atoms with van der Waals surface area (Å²) in [6.45, 7) is 1.37. The molecule has 144 valence electrons. The molecule has 0 bridgehead atoms. The number of carbonyl (C=O) groups excluding carboxylic acids is 1. The second-order valence-electron chi connectivity index (χ2n) is 5.74. The van der Waals surface area contributed by atoms with E-state index in [1.54, 1.807) is 0 Å². The Labute approximate surface area is 166 Å². The van der Waals surface area contributed by atoms with Gasteiger partial charge in [0.25, 0.3) is 10.0 Å². The second-order valence-corrected chi connectivity index (χ2v) is 7.86. The molecule has 28 heavy (non-hydrogen) atoms. The quantitative estimate of drug-likeness (QED) is 0.586. The third-order valence-electron chi connectivity index (χ3n) is 3.69. The molecule has 0 aliphatic rings. The van der Waals surface area contributed by atoms with Crippen LogP contribution in [0.3, 0.4) is 0 Å². The van der Waals surface area contributed by atoms with E-state index >= 15 is 0 Å². The number of Topliss-reactive ketones (excluding diaryl/α,β-unsaturated/α-hetero) is 1. The standard InChI is InChI=1S/C19H14ClFN2O4S/c1-12(24)13-5-7-16(8-6-13)28(25,26)23-17-3-2-4-18(19(17)21)27-15-9-14(20)10-22-11-15/h2-11,23H,1H3. The third-order valence-corrected chi connectivity index (χ3v) is 5.27. The lowest BCUT2D eigenvalue weighted by Gasteiger charge is -2.12. The minimum absolute atomic E-state index is 0.109. The van der Waals surface area contributed by atoms with Gasteiger partial charge in [-0.05, 0) is 31.2 Å². The van der Waals surface area contributed by atoms with Crippen molar-refractivity contribution >= 4 is 33.1 Å². The van der Waals surface area contributed by atoms with E-state index in [1.807, 2.05) is 0 Å². The first-order valence-corrected chi connectivity index (χ1v) is 9.83. The summed E-state index contributed by atoms with van der Waals surface area (Å²) in [5.74, 6) is -1.09. The predicted octanol–water partition coefficient (Wildman–Crippen LogP) is 4.67. The fourth-order valence-electron chi connectivity index (χ4n) is 2.32. The highest BCUT2D eigenvalue weighted by Crippen LogP contribution is 2.30. The fourth-order valence-corrected chi connectivity index (χ4v) is 3.54. The monoisotopic (exact) mass is 420 g/mol. The largest absolute Gasteiger partial charge is 0.453 e. The Morgan fingerprint density at radius 2 is 1.86 bits per heavy atom. The van der Waals surface area contributed by atoms with E-state index < -0.39 is 15.8 Å². The van der Waals surface area contributed by atoms with Crippen molar-refractivity contribution in [2.45, 2.75) is 11.8 Å². The smallest absolute Gasteiger partial charge is 0.261 e. The summed E-state index contributed by atoms with van der Waals surface area (Å²) in [5, 5.41) is 0.309. The molecule has 6 nitrogen and oxygen atoms in total. The van der Waals surface area contributed by atoms with Crippen molar-refractivity contribution in [3.63, 3.8) is 0 Å². The maximum absolute atomic E-state index is 14.7. The SMILES string of the molecule is CC(=O)c1ccc(S(=O)(=O)Nc2cccc(Oc3cncc(Cl)c3)c2F)cc1. The van der Waals surface area contributed by atoms with Crippen molar-refractivity contribution in [1.29, 1.82) is 0 Å². The van der Waals surface area contributed by atoms with Gasteiger partial charge in [0.15, 0.2) is 17.3 Å². The van der Waals surface area contributed by atoms with E-state index in [2.05, 4.69) is 9.71 Å². The number of hydrogen-bond acceptors (Lipinski definition) is 5. The summed E-state index contributed by atoms with van der Waals surface area (Å²) >= 11 is 5.82. The molecule has 0 fully saturated rings. The van der Waals surface area contributed by atoms with Crippen LogP contribution in [0.1, 0.15) is 17.3 Å². The second kappa shape index (κ2) is 7.95. The lowest BCUT2D eigenvalue weighted by atomic mass is 10.2. The Bertz CT molecular complexity index is 1130. The zero-order valence-electron chi connectivity index (χ0n) is 14.5. The molecule has 3 aromatic rings. The fraction of sp³-hybridized carbons (Fsp3) is 0.0526. The molecule has 0 amide bonds. The number of hydrogen-bond donors (Lipinski definition) is 1. The Morgan fingerprint density at radius 1 is 1.14 bits per heavy atom. The van der Waals surface area contributed by atoms with Gasteiger partial charge in [-0.1, -0.05) is 29.8 Å². The number of pyridine rings is 1. The van der Waals surface area contributed by atoms with Crippen LogP contribution in [0.2, 0.25) is 5.02 Å². The van der Waals surface area contributed by atoms with Gasteiger partial charge in [-0.15, -0.1) is 0 Å². The summed E-state index contributed by atoms with van der Waals surface area (Å²) in [6.07, 6.45) is 2.74. The van der Waals surface area contributed by atoms with Crippen LogP contribution in [-0.4, -0.2) is 19.2 Å². The number of ketones is 1. The normalized spacial score (nSPS) is 11.1. The molecule has 1 N–H and O–H groups in total. The predicted molar refractivity (Wildman–Crippen MR) is 103 cm³/mol. The van der Waals surface area contributed by atoms with Gasteiger partial charge >= 0.3 is 0 Å². The van der Waals surface area contributed by atoms with Gasteiger partial charge in [0.1, 0.15) is 5.75 Å². The van der Waals surface area contributed by atoms with Gasteiger partial charge in [0.2, 0.25) is 0 Å². The van der Waals surface area contributed by atoms with Gasteiger partial charge < -0.3 is 4.74 Å². The first-order chi connectivity index (χ1) is 13.3. The highest BCUT2D eigenvalue weighted by molar-refractivity contribution is 7.92. The number of nitrogens with one attached hydrogen (secondary N) is 1. The summed E-state index contributed by atoms with van der Waals surface area (Å²) in [4.78, 5) is 15.0. The van der Waals surface area contributed by atoms with Crippen molar-refractivity contribution in [3.8, 4) is 11.5 Å². The lowest BCUT2D eigenvalue weighted by Crippen LogP contribution is -2.14. The molecular weight excluding hydrogens is 407 g/mol. The number of nitrogens with zero attached hydrogens (tertiary/aromatic N) is 1. The Kier molecular flexibility index (Phi) is 5.62. The maximum Gasteiger partial charge on any atom is 0.261 e. The summed E-state index contributed by atoms with van der Waals surface area (Å²) in [5.41, 5.74) is 0.0822. The molecular formula is C19H14ClFN2O4S. The van der Waals surface area contributed by atoms with Crippen molar-refractivity contribution in [2.75, 3.05) is 4.72 Å². The van der Waals surface area contributed by atoms with E-state index in [0.717, 1.165) is 0 Å². The minimum atomic E-state index is -4.06. The number of halogens is 2. The first kappa shape index (κ1) is 19.8. The van der Waals surface area contributed by atoms with Crippen molar-refractivity contribution in [1.82, 2.24) is 4.98 Å². The maximum atomic E-state index is 14.7. The molecule has 0 saturated heterocycles. The van der Waals surface area contributed by atoms with Crippen LogP contribution in [0.5, 0.6) is 11.5 Å². The third kappa shape index (κ3) is 4.47. The van der Waals surface area contributed by atoms with Crippen molar-refractivity contribution in [2.24, 2.45) is 0 Å². The van der Waals surface area contributed by atoms with Gasteiger partial charge in [-0.25, -0.2) is 12.8 Å².